The second-order valence-corrected chi connectivity index (χ2v) is 5.44. The Morgan fingerprint density at radius 2 is 1.96 bits per heavy atom. The molecule has 0 aliphatic heterocycles. The highest BCUT2D eigenvalue weighted by Gasteiger charge is 2.07. The molecule has 0 amide bonds. The van der Waals surface area contributed by atoms with Crippen LogP contribution >= 0.6 is 0 Å². The molecule has 0 aliphatic carbocycles. The summed E-state index contributed by atoms with van der Waals surface area (Å²) in [6.07, 6.45) is 2.53. The van der Waals surface area contributed by atoms with E-state index in [9.17, 15) is 4.79 Å². The van der Waals surface area contributed by atoms with Crippen LogP contribution in [0, 0.1) is 13.8 Å². The number of anilines is 1. The van der Waals surface area contributed by atoms with Crippen molar-refractivity contribution in [1.82, 2.24) is 19.5 Å². The second-order valence-electron chi connectivity index (χ2n) is 5.44. The van der Waals surface area contributed by atoms with E-state index >= 15 is 0 Å². The van der Waals surface area contributed by atoms with Crippen LogP contribution in [0.3, 0.4) is 0 Å². The van der Waals surface area contributed by atoms with Crippen LogP contribution in [0.15, 0.2) is 41.3 Å². The molecule has 0 atom stereocenters. The number of nitrogens with zero attached hydrogens (tertiary/aromatic N) is 4. The lowest BCUT2D eigenvalue weighted by atomic mass is 10.2. The Balaban J connectivity index is 1.72. The van der Waals surface area contributed by atoms with Gasteiger partial charge in [0.25, 0.3) is 5.56 Å². The second kappa shape index (κ2) is 6.56. The van der Waals surface area contributed by atoms with Crippen molar-refractivity contribution in [2.45, 2.75) is 26.8 Å². The van der Waals surface area contributed by atoms with Gasteiger partial charge in [-0.05, 0) is 38.5 Å². The summed E-state index contributed by atoms with van der Waals surface area (Å²) in [6, 6.07) is 9.57. The molecule has 0 saturated heterocycles. The standard InChI is InChI=1S/C17H19N5O/c1-12-8-10-19-17(20-12)18-9-5-11-22-15-7-4-3-6-14(15)21-13(2)16(22)23/h3-4,6-8,10H,5,9,11H2,1-2H3,(H,18,19,20). The van der Waals surface area contributed by atoms with Crippen molar-refractivity contribution < 1.29 is 0 Å². The van der Waals surface area contributed by atoms with Gasteiger partial charge in [0.2, 0.25) is 5.95 Å². The lowest BCUT2D eigenvalue weighted by Gasteiger charge is -2.11. The third-order valence-electron chi connectivity index (χ3n) is 3.65. The van der Waals surface area contributed by atoms with Gasteiger partial charge in [-0.15, -0.1) is 0 Å². The minimum Gasteiger partial charge on any atom is -0.354 e. The number of aryl methyl sites for hydroxylation is 3. The summed E-state index contributed by atoms with van der Waals surface area (Å²) in [6.45, 7) is 5.01. The van der Waals surface area contributed by atoms with Gasteiger partial charge in [0.15, 0.2) is 0 Å². The number of fused-ring (bicyclic) bond motifs is 1. The van der Waals surface area contributed by atoms with Crippen LogP contribution in [0.25, 0.3) is 11.0 Å². The molecule has 0 radical (unpaired) electrons. The largest absolute Gasteiger partial charge is 0.354 e. The highest BCUT2D eigenvalue weighted by Crippen LogP contribution is 2.10. The average molecular weight is 309 g/mol. The van der Waals surface area contributed by atoms with Crippen LogP contribution in [-0.2, 0) is 6.54 Å². The molecule has 6 heteroatoms. The van der Waals surface area contributed by atoms with Gasteiger partial charge >= 0.3 is 0 Å². The van der Waals surface area contributed by atoms with E-state index in [-0.39, 0.29) is 5.56 Å². The van der Waals surface area contributed by atoms with Gasteiger partial charge in [-0.25, -0.2) is 15.0 Å². The van der Waals surface area contributed by atoms with Crippen molar-refractivity contribution in [3.8, 4) is 0 Å². The Kier molecular flexibility index (Phi) is 4.32. The maximum atomic E-state index is 12.3. The minimum atomic E-state index is -0.0319. The molecular formula is C17H19N5O. The van der Waals surface area contributed by atoms with E-state index in [0.29, 0.717) is 24.7 Å². The number of hydrogen-bond donors (Lipinski definition) is 1. The van der Waals surface area contributed by atoms with E-state index in [1.165, 1.54) is 0 Å². The summed E-state index contributed by atoms with van der Waals surface area (Å²) < 4.78 is 1.79. The summed E-state index contributed by atoms with van der Waals surface area (Å²) in [5, 5.41) is 3.18. The molecule has 0 spiro atoms. The maximum absolute atomic E-state index is 12.3. The average Bonchev–Trinajstić information content (AvgIpc) is 2.54. The predicted octanol–water partition coefficient (Wildman–Crippen LogP) is 2.31. The molecule has 118 valence electrons. The van der Waals surface area contributed by atoms with E-state index in [0.717, 1.165) is 23.1 Å². The van der Waals surface area contributed by atoms with Crippen LogP contribution in [0.5, 0.6) is 0 Å². The summed E-state index contributed by atoms with van der Waals surface area (Å²) in [7, 11) is 0. The molecule has 6 nitrogen and oxygen atoms in total. The fourth-order valence-corrected chi connectivity index (χ4v) is 2.51. The normalized spacial score (nSPS) is 10.9. The zero-order valence-corrected chi connectivity index (χ0v) is 13.3. The third kappa shape index (κ3) is 3.36. The monoisotopic (exact) mass is 309 g/mol. The van der Waals surface area contributed by atoms with Crippen LogP contribution < -0.4 is 10.9 Å². The summed E-state index contributed by atoms with van der Waals surface area (Å²) in [5.74, 6) is 0.619. The lowest BCUT2D eigenvalue weighted by Crippen LogP contribution is -2.25. The highest BCUT2D eigenvalue weighted by molar-refractivity contribution is 5.74. The molecule has 3 aromatic rings. The van der Waals surface area contributed by atoms with Crippen molar-refractivity contribution in [3.63, 3.8) is 0 Å². The third-order valence-corrected chi connectivity index (χ3v) is 3.65. The van der Waals surface area contributed by atoms with E-state index in [1.807, 2.05) is 37.3 Å². The van der Waals surface area contributed by atoms with Crippen molar-refractivity contribution in [3.05, 3.63) is 58.3 Å². The first-order chi connectivity index (χ1) is 11.1. The molecule has 1 N–H and O–H groups in total. The van der Waals surface area contributed by atoms with Gasteiger partial charge in [0.1, 0.15) is 5.69 Å². The SMILES string of the molecule is Cc1ccnc(NCCCn2c(=O)c(C)nc3ccccc32)n1. The van der Waals surface area contributed by atoms with Crippen LogP contribution in [-0.4, -0.2) is 26.1 Å². The Hall–Kier alpha value is -2.76. The maximum Gasteiger partial charge on any atom is 0.272 e. The first kappa shape index (κ1) is 15.1. The number of nitrogens with one attached hydrogen (secondary N) is 1. The van der Waals surface area contributed by atoms with Gasteiger partial charge in [-0.3, -0.25) is 4.79 Å². The summed E-state index contributed by atoms with van der Waals surface area (Å²) in [5.41, 5.74) is 3.14. The Labute approximate surface area is 134 Å². The number of aromatic nitrogens is 4. The molecule has 0 fully saturated rings. The topological polar surface area (TPSA) is 72.7 Å². The molecule has 1 aromatic carbocycles. The van der Waals surface area contributed by atoms with Gasteiger partial charge in [-0.2, -0.15) is 0 Å². The molecule has 2 heterocycles. The molecule has 3 rings (SSSR count). The van der Waals surface area contributed by atoms with Crippen molar-refractivity contribution in [2.24, 2.45) is 0 Å². The smallest absolute Gasteiger partial charge is 0.272 e. The number of rotatable bonds is 5. The predicted molar refractivity (Wildman–Crippen MR) is 90.6 cm³/mol. The quantitative estimate of drug-likeness (QED) is 0.732. The van der Waals surface area contributed by atoms with E-state index in [1.54, 1.807) is 17.7 Å². The zero-order valence-electron chi connectivity index (χ0n) is 13.3. The Morgan fingerprint density at radius 1 is 1.13 bits per heavy atom. The molecule has 0 aliphatic rings. The number of para-hydroxylation sites is 2. The lowest BCUT2D eigenvalue weighted by molar-refractivity contribution is 0.651. The Morgan fingerprint density at radius 3 is 2.78 bits per heavy atom. The molecule has 23 heavy (non-hydrogen) atoms. The molecule has 0 bridgehead atoms. The van der Waals surface area contributed by atoms with Gasteiger partial charge in [-0.1, -0.05) is 12.1 Å². The fourth-order valence-electron chi connectivity index (χ4n) is 2.51. The fraction of sp³-hybridized carbons (Fsp3) is 0.294. The zero-order chi connectivity index (χ0) is 16.2. The molecule has 2 aromatic heterocycles. The molecular weight excluding hydrogens is 290 g/mol. The van der Waals surface area contributed by atoms with E-state index < -0.39 is 0 Å². The minimum absolute atomic E-state index is 0.0319. The first-order valence-corrected chi connectivity index (χ1v) is 7.65. The van der Waals surface area contributed by atoms with Gasteiger partial charge in [0, 0.05) is 25.0 Å². The van der Waals surface area contributed by atoms with Gasteiger partial charge in [0.05, 0.1) is 11.0 Å². The summed E-state index contributed by atoms with van der Waals surface area (Å²) >= 11 is 0. The van der Waals surface area contributed by atoms with Crippen molar-refractivity contribution >= 4 is 17.0 Å². The summed E-state index contributed by atoms with van der Waals surface area (Å²) in [4.78, 5) is 25.2. The van der Waals surface area contributed by atoms with E-state index in [2.05, 4.69) is 20.3 Å². The molecule has 0 saturated carbocycles. The first-order valence-electron chi connectivity index (χ1n) is 7.65. The van der Waals surface area contributed by atoms with Crippen LogP contribution in [0.1, 0.15) is 17.8 Å². The number of benzene rings is 1. The Bertz CT molecular complexity index is 888. The van der Waals surface area contributed by atoms with Crippen LogP contribution in [0.2, 0.25) is 0 Å². The van der Waals surface area contributed by atoms with Crippen molar-refractivity contribution in [1.29, 1.82) is 0 Å². The van der Waals surface area contributed by atoms with E-state index in [4.69, 9.17) is 0 Å². The molecule has 0 unspecified atom stereocenters. The van der Waals surface area contributed by atoms with Crippen LogP contribution in [0.4, 0.5) is 5.95 Å². The highest BCUT2D eigenvalue weighted by atomic mass is 16.1. The van der Waals surface area contributed by atoms with Crippen molar-refractivity contribution in [2.75, 3.05) is 11.9 Å². The number of hydrogen-bond acceptors (Lipinski definition) is 5. The van der Waals surface area contributed by atoms with Gasteiger partial charge < -0.3 is 9.88 Å².